The van der Waals surface area contributed by atoms with E-state index in [1.54, 1.807) is 6.92 Å². The third kappa shape index (κ3) is 5.89. The van der Waals surface area contributed by atoms with Crippen molar-refractivity contribution in [2.45, 2.75) is 32.6 Å². The van der Waals surface area contributed by atoms with Gasteiger partial charge in [0.2, 0.25) is 5.91 Å². The summed E-state index contributed by atoms with van der Waals surface area (Å²) in [4.78, 5) is 25.5. The predicted octanol–water partition coefficient (Wildman–Crippen LogP) is 2.98. The first-order chi connectivity index (χ1) is 11.2. The number of aryl methyl sites for hydroxylation is 1. The van der Waals surface area contributed by atoms with Crippen LogP contribution < -0.4 is 0 Å². The van der Waals surface area contributed by atoms with Gasteiger partial charge in [-0.15, -0.1) is 0 Å². The zero-order valence-corrected chi connectivity index (χ0v) is 13.7. The minimum absolute atomic E-state index is 0.224. The maximum Gasteiger partial charge on any atom is 0.330 e. The van der Waals surface area contributed by atoms with E-state index in [1.807, 2.05) is 29.2 Å². The quantitative estimate of drug-likeness (QED) is 0.599. The summed E-state index contributed by atoms with van der Waals surface area (Å²) in [7, 11) is 0. The molecule has 0 atom stereocenters. The monoisotopic (exact) mass is 315 g/mol. The van der Waals surface area contributed by atoms with Crippen molar-refractivity contribution in [1.29, 1.82) is 0 Å². The SMILES string of the molecule is CCOC(=O)C=CC1CCN(C(=O)CCc2ccccc2)CC1. The van der Waals surface area contributed by atoms with Crippen LogP contribution in [0, 0.1) is 5.92 Å². The van der Waals surface area contributed by atoms with Gasteiger partial charge in [0.25, 0.3) is 0 Å². The van der Waals surface area contributed by atoms with Crippen LogP contribution >= 0.6 is 0 Å². The summed E-state index contributed by atoms with van der Waals surface area (Å²) >= 11 is 0. The van der Waals surface area contributed by atoms with E-state index >= 15 is 0 Å². The lowest BCUT2D eigenvalue weighted by Gasteiger charge is -2.30. The first kappa shape index (κ1) is 17.3. The molecule has 1 aromatic carbocycles. The molecule has 0 bridgehead atoms. The Balaban J connectivity index is 1.71. The molecule has 0 N–H and O–H groups in total. The van der Waals surface area contributed by atoms with Gasteiger partial charge in [-0.2, -0.15) is 0 Å². The van der Waals surface area contributed by atoms with E-state index in [4.69, 9.17) is 4.74 Å². The Morgan fingerprint density at radius 3 is 2.57 bits per heavy atom. The van der Waals surface area contributed by atoms with Crippen LogP contribution in [0.15, 0.2) is 42.5 Å². The van der Waals surface area contributed by atoms with Crippen molar-refractivity contribution in [2.24, 2.45) is 5.92 Å². The van der Waals surface area contributed by atoms with Gasteiger partial charge >= 0.3 is 5.97 Å². The summed E-state index contributed by atoms with van der Waals surface area (Å²) in [5.74, 6) is 0.299. The van der Waals surface area contributed by atoms with Gasteiger partial charge in [0.1, 0.15) is 0 Å². The summed E-state index contributed by atoms with van der Waals surface area (Å²) in [5, 5.41) is 0. The standard InChI is InChI=1S/C19H25NO3/c1-2-23-19(22)11-9-17-12-14-20(15-13-17)18(21)10-8-16-6-4-3-5-7-16/h3-7,9,11,17H,2,8,10,12-15H2,1H3. The van der Waals surface area contributed by atoms with Gasteiger partial charge in [0.15, 0.2) is 0 Å². The second-order valence-electron chi connectivity index (χ2n) is 5.81. The number of ether oxygens (including phenoxy) is 1. The predicted molar refractivity (Wildman–Crippen MR) is 89.8 cm³/mol. The molecule has 2 rings (SSSR count). The van der Waals surface area contributed by atoms with E-state index in [0.29, 0.717) is 18.9 Å². The van der Waals surface area contributed by atoms with Crippen LogP contribution in [-0.2, 0) is 20.7 Å². The number of benzene rings is 1. The summed E-state index contributed by atoms with van der Waals surface area (Å²) in [6, 6.07) is 10.1. The fraction of sp³-hybridized carbons (Fsp3) is 0.474. The fourth-order valence-electron chi connectivity index (χ4n) is 2.80. The molecule has 0 unspecified atom stereocenters. The largest absolute Gasteiger partial charge is 0.463 e. The topological polar surface area (TPSA) is 46.6 Å². The highest BCUT2D eigenvalue weighted by atomic mass is 16.5. The van der Waals surface area contributed by atoms with Crippen LogP contribution in [-0.4, -0.2) is 36.5 Å². The molecule has 23 heavy (non-hydrogen) atoms. The van der Waals surface area contributed by atoms with Crippen LogP contribution in [0.2, 0.25) is 0 Å². The molecule has 1 aliphatic heterocycles. The first-order valence-electron chi connectivity index (χ1n) is 8.35. The number of esters is 1. The van der Waals surface area contributed by atoms with Gasteiger partial charge in [0.05, 0.1) is 6.61 Å². The van der Waals surface area contributed by atoms with Crippen LogP contribution in [0.1, 0.15) is 31.7 Å². The number of likely N-dealkylation sites (tertiary alicyclic amines) is 1. The number of allylic oxidation sites excluding steroid dienone is 1. The Labute approximate surface area is 138 Å². The third-order valence-corrected chi connectivity index (χ3v) is 4.15. The van der Waals surface area contributed by atoms with Crippen molar-refractivity contribution >= 4 is 11.9 Å². The molecule has 1 amide bonds. The van der Waals surface area contributed by atoms with Gasteiger partial charge < -0.3 is 9.64 Å². The molecule has 1 heterocycles. The number of hydrogen-bond acceptors (Lipinski definition) is 3. The number of nitrogens with zero attached hydrogens (tertiary/aromatic N) is 1. The summed E-state index contributed by atoms with van der Waals surface area (Å²) in [5.41, 5.74) is 1.20. The van der Waals surface area contributed by atoms with Gasteiger partial charge in [-0.05, 0) is 37.7 Å². The molecule has 1 saturated heterocycles. The van der Waals surface area contributed by atoms with Gasteiger partial charge in [-0.1, -0.05) is 36.4 Å². The Morgan fingerprint density at radius 2 is 1.91 bits per heavy atom. The van der Waals surface area contributed by atoms with Crippen molar-refractivity contribution < 1.29 is 14.3 Å². The minimum Gasteiger partial charge on any atom is -0.463 e. The molecule has 1 fully saturated rings. The van der Waals surface area contributed by atoms with E-state index in [0.717, 1.165) is 32.4 Å². The molecule has 4 heteroatoms. The third-order valence-electron chi connectivity index (χ3n) is 4.15. The maximum atomic E-state index is 12.3. The molecule has 1 aliphatic rings. The number of amides is 1. The number of carbonyl (C=O) groups is 2. The van der Waals surface area contributed by atoms with E-state index in [1.165, 1.54) is 11.6 Å². The van der Waals surface area contributed by atoms with Crippen LogP contribution in [0.5, 0.6) is 0 Å². The summed E-state index contributed by atoms with van der Waals surface area (Å²) < 4.78 is 4.88. The average Bonchev–Trinajstić information content (AvgIpc) is 2.59. The van der Waals surface area contributed by atoms with Crippen molar-refractivity contribution in [3.8, 4) is 0 Å². The van der Waals surface area contributed by atoms with Crippen LogP contribution in [0.4, 0.5) is 0 Å². The number of hydrogen-bond donors (Lipinski definition) is 0. The normalized spacial score (nSPS) is 15.8. The maximum absolute atomic E-state index is 12.3. The zero-order chi connectivity index (χ0) is 16.5. The summed E-state index contributed by atoms with van der Waals surface area (Å²) in [6.07, 6.45) is 6.61. The smallest absolute Gasteiger partial charge is 0.330 e. The van der Waals surface area contributed by atoms with Gasteiger partial charge in [0, 0.05) is 25.6 Å². The molecule has 4 nitrogen and oxygen atoms in total. The lowest BCUT2D eigenvalue weighted by Crippen LogP contribution is -2.38. The fourth-order valence-corrected chi connectivity index (χ4v) is 2.80. The Hall–Kier alpha value is -2.10. The number of rotatable bonds is 6. The van der Waals surface area contributed by atoms with E-state index in [-0.39, 0.29) is 11.9 Å². The first-order valence-corrected chi connectivity index (χ1v) is 8.35. The molecule has 0 radical (unpaired) electrons. The number of piperidine rings is 1. The average molecular weight is 315 g/mol. The summed E-state index contributed by atoms with van der Waals surface area (Å²) in [6.45, 7) is 3.74. The van der Waals surface area contributed by atoms with E-state index < -0.39 is 0 Å². The number of carbonyl (C=O) groups excluding carboxylic acids is 2. The molecule has 1 aromatic rings. The Kier molecular flexibility index (Phi) is 6.85. The second kappa shape index (κ2) is 9.13. The molecule has 0 aliphatic carbocycles. The zero-order valence-electron chi connectivity index (χ0n) is 13.7. The highest BCUT2D eigenvalue weighted by Crippen LogP contribution is 2.19. The lowest BCUT2D eigenvalue weighted by molar-refractivity contribution is -0.137. The molecular formula is C19H25NO3. The van der Waals surface area contributed by atoms with E-state index in [9.17, 15) is 9.59 Å². The van der Waals surface area contributed by atoms with Crippen molar-refractivity contribution in [3.63, 3.8) is 0 Å². The van der Waals surface area contributed by atoms with Gasteiger partial charge in [-0.3, -0.25) is 4.79 Å². The van der Waals surface area contributed by atoms with Gasteiger partial charge in [-0.25, -0.2) is 4.79 Å². The molecule has 0 aromatic heterocycles. The molecule has 124 valence electrons. The molecular weight excluding hydrogens is 290 g/mol. The Bertz CT molecular complexity index is 531. The van der Waals surface area contributed by atoms with Crippen molar-refractivity contribution in [3.05, 3.63) is 48.0 Å². The van der Waals surface area contributed by atoms with Crippen molar-refractivity contribution in [1.82, 2.24) is 4.90 Å². The molecule has 0 saturated carbocycles. The Morgan fingerprint density at radius 1 is 1.22 bits per heavy atom. The lowest BCUT2D eigenvalue weighted by atomic mass is 9.96. The highest BCUT2D eigenvalue weighted by Gasteiger charge is 2.21. The van der Waals surface area contributed by atoms with Crippen LogP contribution in [0.3, 0.4) is 0 Å². The van der Waals surface area contributed by atoms with E-state index in [2.05, 4.69) is 12.1 Å². The van der Waals surface area contributed by atoms with Crippen LogP contribution in [0.25, 0.3) is 0 Å². The van der Waals surface area contributed by atoms with Crippen molar-refractivity contribution in [2.75, 3.05) is 19.7 Å². The highest BCUT2D eigenvalue weighted by molar-refractivity contribution is 5.81. The second-order valence-corrected chi connectivity index (χ2v) is 5.81. The molecule has 0 spiro atoms. The minimum atomic E-state index is -0.283.